The predicted octanol–water partition coefficient (Wildman–Crippen LogP) is 0.302. The molecule has 1 saturated heterocycles. The minimum atomic E-state index is -0.863. The fourth-order valence-electron chi connectivity index (χ4n) is 1.75. The summed E-state index contributed by atoms with van der Waals surface area (Å²) in [5.41, 5.74) is -0.0832. The third-order valence-electron chi connectivity index (χ3n) is 2.70. The second kappa shape index (κ2) is 4.75. The number of rotatable bonds is 1. The van der Waals surface area contributed by atoms with Crippen LogP contribution in [0.1, 0.15) is 10.4 Å². The van der Waals surface area contributed by atoms with E-state index in [0.717, 1.165) is 0 Å². The summed E-state index contributed by atoms with van der Waals surface area (Å²) in [6, 6.07) is 4.18. The van der Waals surface area contributed by atoms with Gasteiger partial charge in [0.1, 0.15) is 17.1 Å². The van der Waals surface area contributed by atoms with Gasteiger partial charge in [-0.05, 0) is 12.1 Å². The van der Waals surface area contributed by atoms with E-state index >= 15 is 0 Å². The van der Waals surface area contributed by atoms with Crippen LogP contribution in [0, 0.1) is 0 Å². The molecule has 17 heavy (non-hydrogen) atoms. The second-order valence-electron chi connectivity index (χ2n) is 3.81. The Bertz CT molecular complexity index is 444. The summed E-state index contributed by atoms with van der Waals surface area (Å²) in [5.74, 6) is 0.000834. The third-order valence-corrected chi connectivity index (χ3v) is 3.98. The largest absolute Gasteiger partial charge is 0.507 e. The Balaban J connectivity index is 2.22. The van der Waals surface area contributed by atoms with E-state index in [1.54, 1.807) is 0 Å². The second-order valence-corrected chi connectivity index (χ2v) is 5.51. The van der Waals surface area contributed by atoms with Gasteiger partial charge in [-0.15, -0.1) is 0 Å². The van der Waals surface area contributed by atoms with Crippen LogP contribution in [0.25, 0.3) is 0 Å². The van der Waals surface area contributed by atoms with Crippen molar-refractivity contribution < 1.29 is 19.2 Å². The Morgan fingerprint density at radius 1 is 1.18 bits per heavy atom. The zero-order valence-electron chi connectivity index (χ0n) is 9.13. The van der Waals surface area contributed by atoms with Gasteiger partial charge in [0.25, 0.3) is 5.91 Å². The molecule has 0 unspecified atom stereocenters. The molecule has 1 fully saturated rings. The molecule has 1 aromatic carbocycles. The van der Waals surface area contributed by atoms with Crippen LogP contribution in [-0.4, -0.2) is 49.8 Å². The summed E-state index contributed by atoms with van der Waals surface area (Å²) < 4.78 is 11.2. The molecule has 1 aliphatic rings. The zero-order valence-corrected chi connectivity index (χ0v) is 9.94. The van der Waals surface area contributed by atoms with Crippen LogP contribution in [0.4, 0.5) is 0 Å². The van der Waals surface area contributed by atoms with Gasteiger partial charge < -0.3 is 15.1 Å². The fraction of sp³-hybridized carbons (Fsp3) is 0.364. The van der Waals surface area contributed by atoms with Crippen molar-refractivity contribution in [1.82, 2.24) is 4.90 Å². The Hall–Kier alpha value is -1.56. The molecule has 1 aliphatic heterocycles. The molecule has 0 aromatic heterocycles. The first-order chi connectivity index (χ1) is 8.09. The van der Waals surface area contributed by atoms with Crippen molar-refractivity contribution in [2.75, 3.05) is 24.6 Å². The monoisotopic (exact) mass is 255 g/mol. The van der Waals surface area contributed by atoms with Crippen molar-refractivity contribution in [2.24, 2.45) is 0 Å². The van der Waals surface area contributed by atoms with Gasteiger partial charge in [-0.1, -0.05) is 6.07 Å². The highest BCUT2D eigenvalue weighted by atomic mass is 32.2. The molecule has 1 amide bonds. The third kappa shape index (κ3) is 2.41. The number of amides is 1. The van der Waals surface area contributed by atoms with Gasteiger partial charge >= 0.3 is 0 Å². The van der Waals surface area contributed by atoms with Crippen molar-refractivity contribution in [3.63, 3.8) is 0 Å². The number of nitrogens with zero attached hydrogens (tertiary/aromatic N) is 1. The first kappa shape index (κ1) is 11.9. The molecule has 6 heteroatoms. The lowest BCUT2D eigenvalue weighted by Gasteiger charge is -2.26. The standard InChI is InChI=1S/C11H13NO4S/c13-8-2-1-3-9(14)10(8)11(15)12-4-6-17(16)7-5-12/h1-3,13-14H,4-7H2. The average Bonchev–Trinajstić information content (AvgIpc) is 2.29. The normalized spacial score (nSPS) is 17.1. The zero-order chi connectivity index (χ0) is 12.4. The molecule has 0 bridgehead atoms. The van der Waals surface area contributed by atoms with E-state index < -0.39 is 16.7 Å². The fourth-order valence-corrected chi connectivity index (χ4v) is 2.80. The van der Waals surface area contributed by atoms with Crippen LogP contribution >= 0.6 is 0 Å². The maximum Gasteiger partial charge on any atom is 0.261 e. The summed E-state index contributed by atoms with van der Waals surface area (Å²) in [5, 5.41) is 19.2. The Morgan fingerprint density at radius 3 is 2.24 bits per heavy atom. The van der Waals surface area contributed by atoms with Gasteiger partial charge in [-0.3, -0.25) is 9.00 Å². The first-order valence-corrected chi connectivity index (χ1v) is 6.73. The number of hydrogen-bond donors (Lipinski definition) is 2. The van der Waals surface area contributed by atoms with Gasteiger partial charge in [0.15, 0.2) is 0 Å². The van der Waals surface area contributed by atoms with Crippen LogP contribution in [0.15, 0.2) is 18.2 Å². The van der Waals surface area contributed by atoms with E-state index in [0.29, 0.717) is 24.6 Å². The molecule has 2 rings (SSSR count). The van der Waals surface area contributed by atoms with Gasteiger partial charge in [-0.2, -0.15) is 0 Å². The van der Waals surface area contributed by atoms with Crippen LogP contribution < -0.4 is 0 Å². The Labute approximate surface area is 101 Å². The van der Waals surface area contributed by atoms with Gasteiger partial charge in [0.2, 0.25) is 0 Å². The number of phenolic OH excluding ortho intramolecular Hbond substituents is 2. The summed E-state index contributed by atoms with van der Waals surface area (Å²) in [6.07, 6.45) is 0. The minimum absolute atomic E-state index is 0.0832. The van der Waals surface area contributed by atoms with Gasteiger partial charge in [-0.25, -0.2) is 0 Å². The van der Waals surface area contributed by atoms with Gasteiger partial charge in [0.05, 0.1) is 0 Å². The average molecular weight is 255 g/mol. The SMILES string of the molecule is O=C(c1c(O)cccc1O)N1CCS(=O)CC1. The van der Waals surface area contributed by atoms with Crippen LogP contribution in [-0.2, 0) is 10.8 Å². The van der Waals surface area contributed by atoms with Crippen molar-refractivity contribution in [3.05, 3.63) is 23.8 Å². The molecular weight excluding hydrogens is 242 g/mol. The van der Waals surface area contributed by atoms with Crippen LogP contribution in [0.5, 0.6) is 11.5 Å². The van der Waals surface area contributed by atoms with E-state index in [2.05, 4.69) is 0 Å². The highest BCUT2D eigenvalue weighted by Crippen LogP contribution is 2.27. The molecule has 0 radical (unpaired) electrons. The number of carbonyl (C=O) groups is 1. The topological polar surface area (TPSA) is 77.8 Å². The highest BCUT2D eigenvalue weighted by molar-refractivity contribution is 7.85. The van der Waals surface area contributed by atoms with Gasteiger partial charge in [0, 0.05) is 35.4 Å². The van der Waals surface area contributed by atoms with Crippen molar-refractivity contribution in [1.29, 1.82) is 0 Å². The van der Waals surface area contributed by atoms with Crippen molar-refractivity contribution in [2.45, 2.75) is 0 Å². The lowest BCUT2D eigenvalue weighted by molar-refractivity contribution is 0.0765. The molecule has 92 valence electrons. The predicted molar refractivity (Wildman–Crippen MR) is 63.6 cm³/mol. The maximum absolute atomic E-state index is 12.1. The molecule has 1 heterocycles. The van der Waals surface area contributed by atoms with Crippen LogP contribution in [0.3, 0.4) is 0 Å². The summed E-state index contributed by atoms with van der Waals surface area (Å²) in [4.78, 5) is 13.6. The number of phenols is 2. The van der Waals surface area contributed by atoms with Crippen molar-refractivity contribution >= 4 is 16.7 Å². The quantitative estimate of drug-likeness (QED) is 0.756. The molecule has 0 aliphatic carbocycles. The van der Waals surface area contributed by atoms with Crippen LogP contribution in [0.2, 0.25) is 0 Å². The molecule has 0 atom stereocenters. The molecule has 1 aromatic rings. The minimum Gasteiger partial charge on any atom is -0.507 e. The molecule has 0 saturated carbocycles. The summed E-state index contributed by atoms with van der Waals surface area (Å²) in [6.45, 7) is 0.776. The lowest BCUT2D eigenvalue weighted by atomic mass is 10.1. The van der Waals surface area contributed by atoms with E-state index in [-0.39, 0.29) is 17.1 Å². The molecule has 5 nitrogen and oxygen atoms in total. The number of aromatic hydroxyl groups is 2. The number of hydrogen-bond acceptors (Lipinski definition) is 4. The number of carbonyl (C=O) groups excluding carboxylic acids is 1. The van der Waals surface area contributed by atoms with Crippen molar-refractivity contribution in [3.8, 4) is 11.5 Å². The lowest BCUT2D eigenvalue weighted by Crippen LogP contribution is -2.41. The van der Waals surface area contributed by atoms with E-state index in [9.17, 15) is 19.2 Å². The molecule has 0 spiro atoms. The summed E-state index contributed by atoms with van der Waals surface area (Å²) >= 11 is 0. The molecule has 2 N–H and O–H groups in total. The van der Waals surface area contributed by atoms with E-state index in [1.165, 1.54) is 23.1 Å². The smallest absolute Gasteiger partial charge is 0.261 e. The first-order valence-electron chi connectivity index (χ1n) is 5.25. The van der Waals surface area contributed by atoms with E-state index in [4.69, 9.17) is 0 Å². The van der Waals surface area contributed by atoms with E-state index in [1.807, 2.05) is 0 Å². The highest BCUT2D eigenvalue weighted by Gasteiger charge is 2.25. The Kier molecular flexibility index (Phi) is 3.33. The Morgan fingerprint density at radius 2 is 1.71 bits per heavy atom. The number of benzene rings is 1. The summed E-state index contributed by atoms with van der Waals surface area (Å²) in [7, 11) is -0.863. The molecular formula is C11H13NO4S. The maximum atomic E-state index is 12.1.